The van der Waals surface area contributed by atoms with E-state index in [0.717, 1.165) is 61.3 Å². The third-order valence-electron chi connectivity index (χ3n) is 3.51. The average molecular weight is 281 g/mol. The molecule has 2 heterocycles. The summed E-state index contributed by atoms with van der Waals surface area (Å²) in [7, 11) is 0. The first kappa shape index (κ1) is 14.3. The smallest absolute Gasteiger partial charge is 0.186 e. The van der Waals surface area contributed by atoms with Crippen LogP contribution in [0.4, 0.5) is 5.13 Å². The van der Waals surface area contributed by atoms with Crippen molar-refractivity contribution in [1.29, 1.82) is 5.41 Å². The summed E-state index contributed by atoms with van der Waals surface area (Å²) in [5.41, 5.74) is 6.65. The number of aryl methyl sites for hydroxylation is 1. The molecule has 1 fully saturated rings. The standard InChI is InChI=1S/C13H23N5S/c1-3-5-10-11(12(14)15)19-13(16-10)18-8-6-17(4-2)7-9-18/h3-9H2,1-2H3,(H3,14,15). The molecule has 0 amide bonds. The van der Waals surface area contributed by atoms with Crippen molar-refractivity contribution in [3.63, 3.8) is 0 Å². The summed E-state index contributed by atoms with van der Waals surface area (Å²) in [5.74, 6) is 0.152. The lowest BCUT2D eigenvalue weighted by molar-refractivity contribution is 0.271. The molecule has 0 saturated carbocycles. The second-order valence-electron chi connectivity index (χ2n) is 4.86. The Balaban J connectivity index is 2.12. The number of anilines is 1. The number of nitrogen functional groups attached to an aromatic ring is 1. The molecule has 1 aliphatic rings. The number of thiazole rings is 1. The van der Waals surface area contributed by atoms with Crippen molar-refractivity contribution >= 4 is 22.3 Å². The molecule has 106 valence electrons. The SMILES string of the molecule is CCCc1nc(N2CCN(CC)CC2)sc1C(=N)N. The van der Waals surface area contributed by atoms with Crippen LogP contribution in [0.3, 0.4) is 0 Å². The number of rotatable bonds is 5. The van der Waals surface area contributed by atoms with Gasteiger partial charge >= 0.3 is 0 Å². The third kappa shape index (κ3) is 3.25. The van der Waals surface area contributed by atoms with Gasteiger partial charge in [-0.15, -0.1) is 0 Å². The highest BCUT2D eigenvalue weighted by molar-refractivity contribution is 7.17. The summed E-state index contributed by atoms with van der Waals surface area (Å²) in [4.78, 5) is 10.3. The number of piperazine rings is 1. The zero-order valence-electron chi connectivity index (χ0n) is 11.8. The Bertz CT molecular complexity index is 434. The number of hydrogen-bond acceptors (Lipinski definition) is 5. The van der Waals surface area contributed by atoms with Gasteiger partial charge in [0, 0.05) is 26.2 Å². The van der Waals surface area contributed by atoms with E-state index in [1.54, 1.807) is 11.3 Å². The molecule has 0 radical (unpaired) electrons. The van der Waals surface area contributed by atoms with Crippen LogP contribution in [0.15, 0.2) is 0 Å². The fourth-order valence-corrected chi connectivity index (χ4v) is 3.37. The van der Waals surface area contributed by atoms with Crippen molar-refractivity contribution in [1.82, 2.24) is 9.88 Å². The van der Waals surface area contributed by atoms with Crippen molar-refractivity contribution in [3.05, 3.63) is 10.6 Å². The van der Waals surface area contributed by atoms with E-state index >= 15 is 0 Å². The summed E-state index contributed by atoms with van der Waals surface area (Å²) in [6.07, 6.45) is 1.94. The molecule has 0 unspecified atom stereocenters. The average Bonchev–Trinajstić information content (AvgIpc) is 2.83. The Kier molecular flexibility index (Phi) is 4.76. The number of amidine groups is 1. The Hall–Kier alpha value is -1.14. The molecular formula is C13H23N5S. The second-order valence-corrected chi connectivity index (χ2v) is 5.83. The molecule has 19 heavy (non-hydrogen) atoms. The summed E-state index contributed by atoms with van der Waals surface area (Å²) >= 11 is 1.57. The number of nitrogens with two attached hydrogens (primary N) is 1. The molecule has 0 bridgehead atoms. The highest BCUT2D eigenvalue weighted by Gasteiger charge is 2.21. The summed E-state index contributed by atoms with van der Waals surface area (Å²) < 4.78 is 0. The zero-order chi connectivity index (χ0) is 13.8. The Morgan fingerprint density at radius 1 is 1.32 bits per heavy atom. The monoisotopic (exact) mass is 281 g/mol. The first-order valence-electron chi connectivity index (χ1n) is 6.97. The molecule has 1 saturated heterocycles. The molecule has 0 aromatic carbocycles. The molecule has 1 aromatic heterocycles. The van der Waals surface area contributed by atoms with Crippen molar-refractivity contribution < 1.29 is 0 Å². The first-order chi connectivity index (χ1) is 9.15. The van der Waals surface area contributed by atoms with E-state index in [1.165, 1.54) is 0 Å². The number of aromatic nitrogens is 1. The van der Waals surface area contributed by atoms with Gasteiger partial charge in [0.25, 0.3) is 0 Å². The summed E-state index contributed by atoms with van der Waals surface area (Å²) in [5, 5.41) is 8.70. The van der Waals surface area contributed by atoms with Crippen molar-refractivity contribution in [2.24, 2.45) is 5.73 Å². The van der Waals surface area contributed by atoms with E-state index in [-0.39, 0.29) is 5.84 Å². The first-order valence-corrected chi connectivity index (χ1v) is 7.78. The van der Waals surface area contributed by atoms with E-state index in [4.69, 9.17) is 16.1 Å². The minimum absolute atomic E-state index is 0.152. The van der Waals surface area contributed by atoms with E-state index in [1.807, 2.05) is 0 Å². The van der Waals surface area contributed by atoms with E-state index < -0.39 is 0 Å². The van der Waals surface area contributed by atoms with Crippen LogP contribution in [-0.4, -0.2) is 48.4 Å². The predicted molar refractivity (Wildman–Crippen MR) is 81.5 cm³/mol. The predicted octanol–water partition coefficient (Wildman–Crippen LogP) is 1.52. The lowest BCUT2D eigenvalue weighted by atomic mass is 10.2. The Labute approximate surface area is 118 Å². The maximum Gasteiger partial charge on any atom is 0.186 e. The molecule has 2 rings (SSSR count). The number of nitrogens with one attached hydrogen (secondary N) is 1. The van der Waals surface area contributed by atoms with Gasteiger partial charge in [0.15, 0.2) is 5.13 Å². The molecule has 0 aliphatic carbocycles. The number of likely N-dealkylation sites (N-methyl/N-ethyl adjacent to an activating group) is 1. The number of nitrogens with zero attached hydrogens (tertiary/aromatic N) is 3. The van der Waals surface area contributed by atoms with Gasteiger partial charge in [-0.1, -0.05) is 31.6 Å². The van der Waals surface area contributed by atoms with Gasteiger partial charge in [-0.25, -0.2) is 4.98 Å². The van der Waals surface area contributed by atoms with Crippen LogP contribution in [0.2, 0.25) is 0 Å². The Morgan fingerprint density at radius 3 is 2.53 bits per heavy atom. The molecule has 1 aromatic rings. The number of hydrogen-bond donors (Lipinski definition) is 2. The van der Waals surface area contributed by atoms with Crippen molar-refractivity contribution in [2.75, 3.05) is 37.6 Å². The van der Waals surface area contributed by atoms with Crippen LogP contribution in [-0.2, 0) is 6.42 Å². The molecule has 0 atom stereocenters. The molecule has 5 nitrogen and oxygen atoms in total. The molecule has 1 aliphatic heterocycles. The fourth-order valence-electron chi connectivity index (χ4n) is 2.35. The second kappa shape index (κ2) is 6.34. The van der Waals surface area contributed by atoms with Crippen LogP contribution >= 0.6 is 11.3 Å². The van der Waals surface area contributed by atoms with Crippen LogP contribution < -0.4 is 10.6 Å². The van der Waals surface area contributed by atoms with Crippen LogP contribution in [0.1, 0.15) is 30.8 Å². The van der Waals surface area contributed by atoms with Crippen LogP contribution in [0.5, 0.6) is 0 Å². The van der Waals surface area contributed by atoms with Crippen LogP contribution in [0.25, 0.3) is 0 Å². The van der Waals surface area contributed by atoms with Gasteiger partial charge in [-0.2, -0.15) is 0 Å². The minimum atomic E-state index is 0.152. The maximum atomic E-state index is 7.67. The highest BCUT2D eigenvalue weighted by atomic mass is 32.1. The van der Waals surface area contributed by atoms with Gasteiger partial charge in [-0.3, -0.25) is 5.41 Å². The molecule has 3 N–H and O–H groups in total. The van der Waals surface area contributed by atoms with Crippen molar-refractivity contribution in [3.8, 4) is 0 Å². The van der Waals surface area contributed by atoms with Gasteiger partial charge in [0.2, 0.25) is 0 Å². The maximum absolute atomic E-state index is 7.67. The zero-order valence-corrected chi connectivity index (χ0v) is 12.6. The highest BCUT2D eigenvalue weighted by Crippen LogP contribution is 2.27. The molecule has 0 spiro atoms. The largest absolute Gasteiger partial charge is 0.383 e. The van der Waals surface area contributed by atoms with E-state index in [2.05, 4.69) is 23.6 Å². The fraction of sp³-hybridized carbons (Fsp3) is 0.692. The topological polar surface area (TPSA) is 69.2 Å². The molecular weight excluding hydrogens is 258 g/mol. The summed E-state index contributed by atoms with van der Waals surface area (Å²) in [6, 6.07) is 0. The summed E-state index contributed by atoms with van der Waals surface area (Å²) in [6.45, 7) is 9.67. The van der Waals surface area contributed by atoms with Crippen LogP contribution in [0, 0.1) is 5.41 Å². The normalized spacial score (nSPS) is 16.8. The van der Waals surface area contributed by atoms with E-state index in [9.17, 15) is 0 Å². The lowest BCUT2D eigenvalue weighted by Gasteiger charge is -2.33. The quantitative estimate of drug-likeness (QED) is 0.634. The Morgan fingerprint density at radius 2 is 2.00 bits per heavy atom. The minimum Gasteiger partial charge on any atom is -0.383 e. The van der Waals surface area contributed by atoms with Gasteiger partial charge < -0.3 is 15.5 Å². The van der Waals surface area contributed by atoms with Gasteiger partial charge in [-0.05, 0) is 13.0 Å². The van der Waals surface area contributed by atoms with Crippen molar-refractivity contribution in [2.45, 2.75) is 26.7 Å². The lowest BCUT2D eigenvalue weighted by Crippen LogP contribution is -2.46. The van der Waals surface area contributed by atoms with Gasteiger partial charge in [0.05, 0.1) is 10.6 Å². The van der Waals surface area contributed by atoms with E-state index in [0.29, 0.717) is 0 Å². The van der Waals surface area contributed by atoms with Gasteiger partial charge in [0.1, 0.15) is 5.84 Å². The third-order valence-corrected chi connectivity index (χ3v) is 4.70. The molecule has 6 heteroatoms.